The van der Waals surface area contributed by atoms with E-state index in [1.54, 1.807) is 0 Å². The van der Waals surface area contributed by atoms with Crippen molar-refractivity contribution in [1.82, 2.24) is 15.0 Å². The fraction of sp³-hybridized carbons (Fsp3) is 0.182. The van der Waals surface area contributed by atoms with E-state index < -0.39 is 0 Å². The molecule has 0 spiro atoms. The highest BCUT2D eigenvalue weighted by atomic mass is 35.5. The van der Waals surface area contributed by atoms with Crippen LogP contribution in [0.5, 0.6) is 5.75 Å². The van der Waals surface area contributed by atoms with Crippen molar-refractivity contribution in [2.75, 3.05) is 17.7 Å². The average Bonchev–Trinajstić information content (AvgIpc) is 2.72. The Morgan fingerprint density at radius 1 is 1.28 bits per heavy atom. The highest BCUT2D eigenvalue weighted by Gasteiger charge is 2.24. The molecule has 0 aliphatic carbocycles. The number of aromatic nitrogens is 3. The lowest BCUT2D eigenvalue weighted by atomic mass is 10.1. The summed E-state index contributed by atoms with van der Waals surface area (Å²) < 4.78 is 5.55. The van der Waals surface area contributed by atoms with Crippen molar-refractivity contribution in [3.05, 3.63) is 35.1 Å². The maximum atomic E-state index is 5.72. The minimum absolute atomic E-state index is 0.0148. The van der Waals surface area contributed by atoms with Crippen molar-refractivity contribution >= 4 is 23.5 Å². The molecule has 6 nitrogen and oxygen atoms in total. The summed E-state index contributed by atoms with van der Waals surface area (Å²) >= 11 is 5.72. The van der Waals surface area contributed by atoms with Gasteiger partial charge >= 0.3 is 0 Å². The lowest BCUT2D eigenvalue weighted by Crippen LogP contribution is -2.15. The molecule has 1 aromatic carbocycles. The van der Waals surface area contributed by atoms with Gasteiger partial charge in [-0.25, -0.2) is 0 Å². The summed E-state index contributed by atoms with van der Waals surface area (Å²) in [7, 11) is 0. The summed E-state index contributed by atoms with van der Waals surface area (Å²) in [5.74, 6) is 1.30. The summed E-state index contributed by atoms with van der Waals surface area (Å²) in [5.41, 5.74) is 6.57. The van der Waals surface area contributed by atoms with Crippen LogP contribution in [0, 0.1) is 0 Å². The molecule has 0 radical (unpaired) electrons. The lowest BCUT2D eigenvalue weighted by Gasteiger charge is -2.11. The lowest BCUT2D eigenvalue weighted by molar-refractivity contribution is 0.339. The zero-order chi connectivity index (χ0) is 12.5. The third-order valence-corrected chi connectivity index (χ3v) is 2.80. The second-order valence-electron chi connectivity index (χ2n) is 3.83. The monoisotopic (exact) mass is 263 g/mol. The molecule has 0 saturated carbocycles. The predicted molar refractivity (Wildman–Crippen MR) is 67.6 cm³/mol. The Kier molecular flexibility index (Phi) is 2.64. The second kappa shape index (κ2) is 4.30. The van der Waals surface area contributed by atoms with Crippen LogP contribution < -0.4 is 15.8 Å². The number of nitrogen functional groups attached to an aromatic ring is 1. The van der Waals surface area contributed by atoms with Crippen molar-refractivity contribution in [3.63, 3.8) is 0 Å². The Balaban J connectivity index is 1.86. The molecule has 0 saturated heterocycles. The normalized spacial score (nSPS) is 17.1. The first-order valence-corrected chi connectivity index (χ1v) is 5.75. The number of nitrogens with two attached hydrogens (primary N) is 1. The fourth-order valence-electron chi connectivity index (χ4n) is 1.87. The van der Waals surface area contributed by atoms with Crippen LogP contribution in [-0.2, 0) is 0 Å². The van der Waals surface area contributed by atoms with Crippen LogP contribution in [0.25, 0.3) is 0 Å². The molecule has 0 amide bonds. The van der Waals surface area contributed by atoms with Gasteiger partial charge in [-0.15, -0.1) is 0 Å². The third kappa shape index (κ3) is 2.02. The van der Waals surface area contributed by atoms with Crippen LogP contribution in [0.15, 0.2) is 24.3 Å². The Bertz CT molecular complexity index is 571. The molecular weight excluding hydrogens is 254 g/mol. The van der Waals surface area contributed by atoms with E-state index in [-0.39, 0.29) is 17.3 Å². The molecule has 92 valence electrons. The van der Waals surface area contributed by atoms with Gasteiger partial charge in [0.05, 0.1) is 6.04 Å². The van der Waals surface area contributed by atoms with Gasteiger partial charge < -0.3 is 15.8 Å². The molecular formula is C11H10ClN5O. The standard InChI is InChI=1S/C11H10ClN5O/c12-9-15-10(13)17-11(16-9)14-7-5-18-8-4-2-1-3-6(7)8/h1-4,7H,5H2,(H3,13,14,15,16,17). The number of para-hydroxylation sites is 1. The molecule has 1 aliphatic rings. The van der Waals surface area contributed by atoms with E-state index in [1.165, 1.54) is 0 Å². The zero-order valence-electron chi connectivity index (χ0n) is 9.30. The molecule has 0 fully saturated rings. The van der Waals surface area contributed by atoms with Gasteiger partial charge in [0, 0.05) is 5.56 Å². The third-order valence-electron chi connectivity index (χ3n) is 2.63. The molecule has 2 heterocycles. The predicted octanol–water partition coefficient (Wildman–Crippen LogP) is 1.65. The maximum Gasteiger partial charge on any atom is 0.229 e. The SMILES string of the molecule is Nc1nc(Cl)nc(NC2COc3ccccc32)n1. The van der Waals surface area contributed by atoms with Gasteiger partial charge in [0.25, 0.3) is 0 Å². The van der Waals surface area contributed by atoms with Crippen LogP contribution in [0.4, 0.5) is 11.9 Å². The average molecular weight is 264 g/mol. The number of benzene rings is 1. The van der Waals surface area contributed by atoms with Gasteiger partial charge in [-0.05, 0) is 17.7 Å². The van der Waals surface area contributed by atoms with E-state index in [0.717, 1.165) is 11.3 Å². The topological polar surface area (TPSA) is 86.0 Å². The van der Waals surface area contributed by atoms with Crippen LogP contribution in [0.1, 0.15) is 11.6 Å². The van der Waals surface area contributed by atoms with Crippen LogP contribution in [0.2, 0.25) is 5.28 Å². The molecule has 1 aromatic heterocycles. The van der Waals surface area contributed by atoms with Gasteiger partial charge in [-0.3, -0.25) is 0 Å². The highest BCUT2D eigenvalue weighted by molar-refractivity contribution is 6.28. The zero-order valence-corrected chi connectivity index (χ0v) is 10.1. The van der Waals surface area contributed by atoms with Gasteiger partial charge in [0.15, 0.2) is 0 Å². The molecule has 1 aliphatic heterocycles. The van der Waals surface area contributed by atoms with Gasteiger partial charge in [-0.2, -0.15) is 15.0 Å². The number of rotatable bonds is 2. The first-order chi connectivity index (χ1) is 8.72. The number of anilines is 2. The van der Waals surface area contributed by atoms with Crippen LogP contribution in [0.3, 0.4) is 0 Å². The quantitative estimate of drug-likeness (QED) is 0.857. The molecule has 3 N–H and O–H groups in total. The molecule has 1 unspecified atom stereocenters. The molecule has 0 bridgehead atoms. The van der Waals surface area contributed by atoms with Crippen molar-refractivity contribution < 1.29 is 4.74 Å². The minimum atomic E-state index is -0.0148. The largest absolute Gasteiger partial charge is 0.491 e. The number of hydrogen-bond donors (Lipinski definition) is 2. The first kappa shape index (κ1) is 11.0. The highest BCUT2D eigenvalue weighted by Crippen LogP contribution is 2.33. The molecule has 3 rings (SSSR count). The maximum absolute atomic E-state index is 5.72. The number of nitrogens with one attached hydrogen (secondary N) is 1. The number of ether oxygens (including phenoxy) is 1. The summed E-state index contributed by atoms with van der Waals surface area (Å²) in [5, 5.41) is 3.19. The van der Waals surface area contributed by atoms with Crippen molar-refractivity contribution in [3.8, 4) is 5.75 Å². The minimum Gasteiger partial charge on any atom is -0.491 e. The molecule has 2 aromatic rings. The van der Waals surface area contributed by atoms with Crippen molar-refractivity contribution in [2.24, 2.45) is 0 Å². The molecule has 1 atom stereocenters. The van der Waals surface area contributed by atoms with Crippen LogP contribution in [-0.4, -0.2) is 21.6 Å². The Hall–Kier alpha value is -2.08. The smallest absolute Gasteiger partial charge is 0.229 e. The summed E-state index contributed by atoms with van der Waals surface area (Å²) in [6.07, 6.45) is 0. The van der Waals surface area contributed by atoms with E-state index in [1.807, 2.05) is 24.3 Å². The number of hydrogen-bond acceptors (Lipinski definition) is 6. The Labute approximate surface area is 108 Å². The van der Waals surface area contributed by atoms with Crippen molar-refractivity contribution in [1.29, 1.82) is 0 Å². The van der Waals surface area contributed by atoms with Gasteiger partial charge in [0.2, 0.25) is 17.2 Å². The summed E-state index contributed by atoms with van der Waals surface area (Å²) in [6.45, 7) is 0.516. The van der Waals surface area contributed by atoms with Gasteiger partial charge in [0.1, 0.15) is 12.4 Å². The first-order valence-electron chi connectivity index (χ1n) is 5.38. The van der Waals surface area contributed by atoms with E-state index in [9.17, 15) is 0 Å². The molecule has 7 heteroatoms. The second-order valence-corrected chi connectivity index (χ2v) is 4.17. The fourth-order valence-corrected chi connectivity index (χ4v) is 2.03. The number of fused-ring (bicyclic) bond motifs is 1. The van der Waals surface area contributed by atoms with Crippen molar-refractivity contribution in [2.45, 2.75) is 6.04 Å². The Morgan fingerprint density at radius 3 is 2.94 bits per heavy atom. The Morgan fingerprint density at radius 2 is 2.11 bits per heavy atom. The summed E-state index contributed by atoms with van der Waals surface area (Å²) in [4.78, 5) is 11.6. The molecule has 18 heavy (non-hydrogen) atoms. The summed E-state index contributed by atoms with van der Waals surface area (Å²) in [6, 6.07) is 7.78. The van der Waals surface area contributed by atoms with E-state index in [0.29, 0.717) is 12.6 Å². The number of nitrogens with zero attached hydrogens (tertiary/aromatic N) is 3. The van der Waals surface area contributed by atoms with Crippen LogP contribution >= 0.6 is 11.6 Å². The van der Waals surface area contributed by atoms with Gasteiger partial charge in [-0.1, -0.05) is 18.2 Å². The number of halogens is 1. The van der Waals surface area contributed by atoms with E-state index in [2.05, 4.69) is 20.3 Å². The van der Waals surface area contributed by atoms with E-state index >= 15 is 0 Å². The van der Waals surface area contributed by atoms with E-state index in [4.69, 9.17) is 22.1 Å².